The van der Waals surface area contributed by atoms with E-state index >= 15 is 0 Å². The lowest BCUT2D eigenvalue weighted by Crippen LogP contribution is -2.43. The molecule has 0 aliphatic carbocycles. The van der Waals surface area contributed by atoms with Crippen LogP contribution in [0.1, 0.15) is 30.5 Å². The van der Waals surface area contributed by atoms with Crippen LogP contribution in [0, 0.1) is 24.5 Å². The number of hydrogen-bond acceptors (Lipinski definition) is 3. The van der Waals surface area contributed by atoms with E-state index in [-0.39, 0.29) is 24.2 Å². The molecule has 2 heterocycles. The fourth-order valence-electron chi connectivity index (χ4n) is 3.36. The quantitative estimate of drug-likeness (QED) is 0.854. The Bertz CT molecular complexity index is 872. The van der Waals surface area contributed by atoms with Crippen LogP contribution in [0.25, 0.3) is 0 Å². The van der Waals surface area contributed by atoms with Gasteiger partial charge in [0.05, 0.1) is 5.92 Å². The third kappa shape index (κ3) is 5.12. The number of carbonyl (C=O) groups is 2. The molecule has 1 aliphatic heterocycles. The topological polar surface area (TPSA) is 62.3 Å². The van der Waals surface area contributed by atoms with Crippen LogP contribution in [0.4, 0.5) is 14.6 Å². The molecule has 1 fully saturated rings. The van der Waals surface area contributed by atoms with Crippen molar-refractivity contribution in [2.45, 2.75) is 32.6 Å². The van der Waals surface area contributed by atoms with Crippen molar-refractivity contribution >= 4 is 17.6 Å². The molecule has 1 atom stereocenters. The summed E-state index contributed by atoms with van der Waals surface area (Å²) in [5, 5.41) is 2.82. The maximum absolute atomic E-state index is 13.3. The van der Waals surface area contributed by atoms with Crippen molar-refractivity contribution in [3.8, 4) is 0 Å². The van der Waals surface area contributed by atoms with Gasteiger partial charge in [0.15, 0.2) is 11.6 Å². The van der Waals surface area contributed by atoms with Gasteiger partial charge in [-0.15, -0.1) is 0 Å². The van der Waals surface area contributed by atoms with Gasteiger partial charge >= 0.3 is 0 Å². The van der Waals surface area contributed by atoms with E-state index in [1.165, 1.54) is 6.07 Å². The number of benzene rings is 1. The zero-order valence-electron chi connectivity index (χ0n) is 15.8. The second kappa shape index (κ2) is 8.91. The number of rotatable bonds is 5. The van der Waals surface area contributed by atoms with Crippen molar-refractivity contribution in [2.24, 2.45) is 5.92 Å². The average molecular weight is 387 g/mol. The average Bonchev–Trinajstić information content (AvgIpc) is 2.68. The number of nitrogens with zero attached hydrogens (tertiary/aromatic N) is 2. The molecule has 2 amide bonds. The SMILES string of the molecule is Cc1cccc(NC(=O)C2CCCN(C(=O)CCc3ccc(F)c(F)c3)C2)n1. The summed E-state index contributed by atoms with van der Waals surface area (Å²) >= 11 is 0. The molecular formula is C21H23F2N3O2. The Morgan fingerprint density at radius 1 is 1.21 bits per heavy atom. The van der Waals surface area contributed by atoms with E-state index in [1.54, 1.807) is 11.0 Å². The summed E-state index contributed by atoms with van der Waals surface area (Å²) in [5.41, 5.74) is 1.39. The summed E-state index contributed by atoms with van der Waals surface area (Å²) < 4.78 is 26.3. The van der Waals surface area contributed by atoms with Crippen LogP contribution in [0.2, 0.25) is 0 Å². The largest absolute Gasteiger partial charge is 0.342 e. The standard InChI is InChI=1S/C21H23F2N3O2/c1-14-4-2-6-19(24-14)25-21(28)16-5-3-11-26(13-16)20(27)10-8-15-7-9-17(22)18(23)12-15/h2,4,6-7,9,12,16H,3,5,8,10-11,13H2,1H3,(H,24,25,28). The van der Waals surface area contributed by atoms with Gasteiger partial charge in [0.25, 0.3) is 0 Å². The Balaban J connectivity index is 1.53. The molecular weight excluding hydrogens is 364 g/mol. The van der Waals surface area contributed by atoms with Gasteiger partial charge in [-0.1, -0.05) is 12.1 Å². The van der Waals surface area contributed by atoms with E-state index in [0.29, 0.717) is 37.3 Å². The maximum atomic E-state index is 13.3. The van der Waals surface area contributed by atoms with Crippen LogP contribution in [-0.2, 0) is 16.0 Å². The molecule has 3 rings (SSSR count). The molecule has 7 heteroatoms. The van der Waals surface area contributed by atoms with Gasteiger partial charge in [0, 0.05) is 25.2 Å². The molecule has 0 bridgehead atoms. The third-order valence-electron chi connectivity index (χ3n) is 4.90. The number of aromatic nitrogens is 1. The number of aryl methyl sites for hydroxylation is 2. The number of hydrogen-bond donors (Lipinski definition) is 1. The number of anilines is 1. The lowest BCUT2D eigenvalue weighted by molar-refractivity contribution is -0.134. The molecule has 1 saturated heterocycles. The van der Waals surface area contributed by atoms with Gasteiger partial charge in [-0.3, -0.25) is 9.59 Å². The van der Waals surface area contributed by atoms with Crippen LogP contribution in [0.15, 0.2) is 36.4 Å². The Labute approximate surface area is 162 Å². The molecule has 2 aromatic rings. The first-order valence-corrected chi connectivity index (χ1v) is 9.38. The van der Waals surface area contributed by atoms with Crippen molar-refractivity contribution in [3.05, 3.63) is 59.3 Å². The van der Waals surface area contributed by atoms with Gasteiger partial charge in [-0.05, 0) is 56.0 Å². The van der Waals surface area contributed by atoms with E-state index < -0.39 is 11.6 Å². The van der Waals surface area contributed by atoms with Crippen LogP contribution in [0.5, 0.6) is 0 Å². The van der Waals surface area contributed by atoms with Crippen molar-refractivity contribution < 1.29 is 18.4 Å². The molecule has 5 nitrogen and oxygen atoms in total. The van der Waals surface area contributed by atoms with Crippen molar-refractivity contribution in [1.29, 1.82) is 0 Å². The summed E-state index contributed by atoms with van der Waals surface area (Å²) in [6, 6.07) is 9.07. The minimum atomic E-state index is -0.913. The van der Waals surface area contributed by atoms with E-state index in [1.807, 2.05) is 19.1 Å². The van der Waals surface area contributed by atoms with Gasteiger partial charge in [0.1, 0.15) is 5.82 Å². The number of piperidine rings is 1. The van der Waals surface area contributed by atoms with Crippen LogP contribution in [-0.4, -0.2) is 34.8 Å². The first-order chi connectivity index (χ1) is 13.4. The number of nitrogens with one attached hydrogen (secondary N) is 1. The Hall–Kier alpha value is -2.83. The highest BCUT2D eigenvalue weighted by Crippen LogP contribution is 2.20. The Morgan fingerprint density at radius 2 is 2.04 bits per heavy atom. The minimum Gasteiger partial charge on any atom is -0.342 e. The molecule has 1 aromatic heterocycles. The normalized spacial score (nSPS) is 16.7. The highest BCUT2D eigenvalue weighted by molar-refractivity contribution is 5.92. The second-order valence-corrected chi connectivity index (χ2v) is 7.08. The molecule has 0 saturated carbocycles. The predicted molar refractivity (Wildman–Crippen MR) is 102 cm³/mol. The number of halogens is 2. The first-order valence-electron chi connectivity index (χ1n) is 9.38. The number of carbonyl (C=O) groups excluding carboxylic acids is 2. The van der Waals surface area contributed by atoms with Gasteiger partial charge in [-0.25, -0.2) is 13.8 Å². The summed E-state index contributed by atoms with van der Waals surface area (Å²) in [4.78, 5) is 31.0. The third-order valence-corrected chi connectivity index (χ3v) is 4.90. The summed E-state index contributed by atoms with van der Waals surface area (Å²) in [6.45, 7) is 2.81. The maximum Gasteiger partial charge on any atom is 0.230 e. The van der Waals surface area contributed by atoms with Crippen LogP contribution >= 0.6 is 0 Å². The molecule has 28 heavy (non-hydrogen) atoms. The zero-order valence-corrected chi connectivity index (χ0v) is 15.8. The van der Waals surface area contributed by atoms with Crippen LogP contribution in [0.3, 0.4) is 0 Å². The highest BCUT2D eigenvalue weighted by Gasteiger charge is 2.28. The first kappa shape index (κ1) is 19.9. The van der Waals surface area contributed by atoms with Crippen molar-refractivity contribution in [3.63, 3.8) is 0 Å². The highest BCUT2D eigenvalue weighted by atomic mass is 19.2. The van der Waals surface area contributed by atoms with Gasteiger partial charge in [0.2, 0.25) is 11.8 Å². The lowest BCUT2D eigenvalue weighted by Gasteiger charge is -2.32. The minimum absolute atomic E-state index is 0.0871. The van der Waals surface area contributed by atoms with E-state index in [2.05, 4.69) is 10.3 Å². The summed E-state index contributed by atoms with van der Waals surface area (Å²) in [5.74, 6) is -1.82. The monoisotopic (exact) mass is 387 g/mol. The van der Waals surface area contributed by atoms with E-state index in [9.17, 15) is 18.4 Å². The summed E-state index contributed by atoms with van der Waals surface area (Å²) in [7, 11) is 0. The zero-order chi connectivity index (χ0) is 20.1. The van der Waals surface area contributed by atoms with Crippen molar-refractivity contribution in [1.82, 2.24) is 9.88 Å². The van der Waals surface area contributed by atoms with E-state index in [4.69, 9.17) is 0 Å². The molecule has 0 spiro atoms. The molecule has 1 aromatic carbocycles. The molecule has 0 radical (unpaired) electrons. The van der Waals surface area contributed by atoms with E-state index in [0.717, 1.165) is 24.2 Å². The fraction of sp³-hybridized carbons (Fsp3) is 0.381. The van der Waals surface area contributed by atoms with Gasteiger partial charge in [-0.2, -0.15) is 0 Å². The fourth-order valence-corrected chi connectivity index (χ4v) is 3.36. The van der Waals surface area contributed by atoms with Crippen molar-refractivity contribution in [2.75, 3.05) is 18.4 Å². The van der Waals surface area contributed by atoms with Crippen LogP contribution < -0.4 is 5.32 Å². The Morgan fingerprint density at radius 3 is 2.79 bits per heavy atom. The van der Waals surface area contributed by atoms with Gasteiger partial charge < -0.3 is 10.2 Å². The number of pyridine rings is 1. The molecule has 1 unspecified atom stereocenters. The molecule has 148 valence electrons. The smallest absolute Gasteiger partial charge is 0.230 e. The second-order valence-electron chi connectivity index (χ2n) is 7.08. The summed E-state index contributed by atoms with van der Waals surface area (Å²) in [6.07, 6.45) is 1.98. The molecule has 1 aliphatic rings. The lowest BCUT2D eigenvalue weighted by atomic mass is 9.96. The number of likely N-dealkylation sites (tertiary alicyclic amines) is 1. The molecule has 1 N–H and O–H groups in total. The Kier molecular flexibility index (Phi) is 6.34. The predicted octanol–water partition coefficient (Wildman–Crippen LogP) is 3.48. The number of amides is 2.